The molecule has 0 N–H and O–H groups in total. The van der Waals surface area contributed by atoms with Gasteiger partial charge < -0.3 is 37.9 Å². The number of hydrogen-bond acceptors (Lipinski definition) is 12. The maximum Gasteiger partial charge on any atom is 0.343 e. The summed E-state index contributed by atoms with van der Waals surface area (Å²) in [5, 5.41) is 0. The predicted molar refractivity (Wildman–Crippen MR) is 198 cm³/mol. The van der Waals surface area contributed by atoms with E-state index in [1.165, 1.54) is 48.5 Å². The van der Waals surface area contributed by atoms with Gasteiger partial charge >= 0.3 is 23.9 Å². The zero-order valence-electron chi connectivity index (χ0n) is 31.4. The molecular weight excluding hydrogens is 708 g/mol. The van der Waals surface area contributed by atoms with Crippen LogP contribution in [0, 0.1) is 0 Å². The third kappa shape index (κ3) is 11.3. The number of hydrogen-bond donors (Lipinski definition) is 0. The molecule has 2 heterocycles. The fourth-order valence-corrected chi connectivity index (χ4v) is 5.35. The molecule has 2 aliphatic rings. The molecule has 0 amide bonds. The summed E-state index contributed by atoms with van der Waals surface area (Å²) in [5.41, 5.74) is 2.61. The van der Waals surface area contributed by atoms with Crippen molar-refractivity contribution < 1.29 is 57.1 Å². The summed E-state index contributed by atoms with van der Waals surface area (Å²) in [6.07, 6.45) is -0.768. The molecule has 0 spiro atoms. The molecule has 5 atom stereocenters. The second kappa shape index (κ2) is 17.0. The van der Waals surface area contributed by atoms with E-state index in [9.17, 15) is 19.2 Å². The second-order valence-electron chi connectivity index (χ2n) is 14.3. The maximum atomic E-state index is 12.8. The van der Waals surface area contributed by atoms with Gasteiger partial charge in [0.25, 0.3) is 0 Å². The van der Waals surface area contributed by atoms with Crippen LogP contribution in [0.4, 0.5) is 0 Å². The molecule has 55 heavy (non-hydrogen) atoms. The molecule has 2 aliphatic heterocycles. The van der Waals surface area contributed by atoms with Crippen molar-refractivity contribution in [1.29, 1.82) is 0 Å². The first-order valence-electron chi connectivity index (χ1n) is 18.0. The molecule has 2 saturated heterocycles. The van der Waals surface area contributed by atoms with Gasteiger partial charge in [0.05, 0.1) is 48.7 Å². The standard InChI is InChI=1S/C43H44O12/c1-27(31-16-20-37(21-17-31)55-41(47)35-14-10-33(11-15-35)39(45)53-29(3)49-24-43(5)26-51-43)22-30-6-18-36(19-7-30)54-40(46)34-12-8-32(9-13-34)38(44)52-28(2)48-23-42(4)25-50-42/h6-21,27-29H,22-26H2,1-5H3. The zero-order valence-corrected chi connectivity index (χ0v) is 31.4. The topological polar surface area (TPSA) is 149 Å². The van der Waals surface area contributed by atoms with E-state index in [1.54, 1.807) is 38.1 Å². The van der Waals surface area contributed by atoms with Crippen molar-refractivity contribution in [3.8, 4) is 11.5 Å². The van der Waals surface area contributed by atoms with Gasteiger partial charge in [0.2, 0.25) is 12.6 Å². The van der Waals surface area contributed by atoms with Crippen LogP contribution in [0.5, 0.6) is 11.5 Å². The summed E-state index contributed by atoms with van der Waals surface area (Å²) in [6, 6.07) is 26.6. The predicted octanol–water partition coefficient (Wildman–Crippen LogP) is 7.09. The van der Waals surface area contributed by atoms with Crippen molar-refractivity contribution >= 4 is 23.9 Å². The van der Waals surface area contributed by atoms with Gasteiger partial charge in [-0.3, -0.25) is 0 Å². The molecule has 0 saturated carbocycles. The van der Waals surface area contributed by atoms with Crippen LogP contribution in [-0.2, 0) is 34.8 Å². The van der Waals surface area contributed by atoms with E-state index < -0.39 is 36.5 Å². The SMILES string of the molecule is CC(OCC1(C)CO1)OC(=O)c1ccc(C(=O)Oc2ccc(CC(C)c3ccc(OC(=O)c4ccc(C(=O)OC(C)OCC5(C)CO5)cc4)cc3)cc2)cc1. The summed E-state index contributed by atoms with van der Waals surface area (Å²) < 4.78 is 43.3. The Morgan fingerprint density at radius 1 is 0.545 bits per heavy atom. The molecule has 6 rings (SSSR count). The van der Waals surface area contributed by atoms with Crippen molar-refractivity contribution in [2.24, 2.45) is 0 Å². The number of epoxide rings is 2. The van der Waals surface area contributed by atoms with Gasteiger partial charge in [0, 0.05) is 0 Å². The first-order valence-corrected chi connectivity index (χ1v) is 18.0. The number of carbonyl (C=O) groups is 4. The van der Waals surface area contributed by atoms with Gasteiger partial charge in [-0.15, -0.1) is 0 Å². The van der Waals surface area contributed by atoms with Gasteiger partial charge in [-0.2, -0.15) is 0 Å². The van der Waals surface area contributed by atoms with E-state index in [0.29, 0.717) is 37.9 Å². The van der Waals surface area contributed by atoms with Crippen LogP contribution in [0.25, 0.3) is 0 Å². The molecule has 2 fully saturated rings. The van der Waals surface area contributed by atoms with Crippen molar-refractivity contribution in [1.82, 2.24) is 0 Å². The normalized spacial score (nSPS) is 20.0. The van der Waals surface area contributed by atoms with Crippen LogP contribution in [0.3, 0.4) is 0 Å². The molecule has 0 radical (unpaired) electrons. The lowest BCUT2D eigenvalue weighted by Crippen LogP contribution is -2.24. The molecular formula is C43H44O12. The Morgan fingerprint density at radius 2 is 0.891 bits per heavy atom. The number of ether oxygens (including phenoxy) is 8. The van der Waals surface area contributed by atoms with E-state index in [1.807, 2.05) is 38.1 Å². The summed E-state index contributed by atoms with van der Waals surface area (Å²) in [6.45, 7) is 11.1. The minimum Gasteiger partial charge on any atom is -0.432 e. The molecule has 12 nitrogen and oxygen atoms in total. The van der Waals surface area contributed by atoms with Crippen molar-refractivity contribution in [2.75, 3.05) is 26.4 Å². The fraction of sp³-hybridized carbons (Fsp3) is 0.349. The molecule has 12 heteroatoms. The van der Waals surface area contributed by atoms with Crippen LogP contribution < -0.4 is 9.47 Å². The highest BCUT2D eigenvalue weighted by atomic mass is 16.7. The van der Waals surface area contributed by atoms with E-state index >= 15 is 0 Å². The smallest absolute Gasteiger partial charge is 0.343 e. The molecule has 4 aromatic rings. The van der Waals surface area contributed by atoms with Crippen LogP contribution >= 0.6 is 0 Å². The largest absolute Gasteiger partial charge is 0.432 e. The van der Waals surface area contributed by atoms with Gasteiger partial charge in [-0.25, -0.2) is 19.2 Å². The summed E-state index contributed by atoms with van der Waals surface area (Å²) in [7, 11) is 0. The van der Waals surface area contributed by atoms with Crippen molar-refractivity contribution in [2.45, 2.75) is 70.7 Å². The Balaban J connectivity index is 0.927. The Labute approximate surface area is 319 Å². The van der Waals surface area contributed by atoms with E-state index in [-0.39, 0.29) is 39.4 Å². The van der Waals surface area contributed by atoms with Crippen LogP contribution in [0.1, 0.15) is 93.1 Å². The lowest BCUT2D eigenvalue weighted by molar-refractivity contribution is -0.109. The molecule has 0 aromatic heterocycles. The average molecular weight is 753 g/mol. The fourth-order valence-electron chi connectivity index (χ4n) is 5.35. The third-order valence-electron chi connectivity index (χ3n) is 9.12. The minimum absolute atomic E-state index is 0.138. The summed E-state index contributed by atoms with van der Waals surface area (Å²) >= 11 is 0. The van der Waals surface area contributed by atoms with Crippen molar-refractivity contribution in [3.63, 3.8) is 0 Å². The Kier molecular flexibility index (Phi) is 12.1. The van der Waals surface area contributed by atoms with Gasteiger partial charge in [0.15, 0.2) is 0 Å². The summed E-state index contributed by atoms with van der Waals surface area (Å²) in [5.74, 6) is -1.33. The quantitative estimate of drug-likeness (QED) is 0.0469. The molecule has 0 aliphatic carbocycles. The number of carbonyl (C=O) groups excluding carboxylic acids is 4. The lowest BCUT2D eigenvalue weighted by Gasteiger charge is -2.15. The Bertz CT molecular complexity index is 1960. The number of esters is 4. The Morgan fingerprint density at radius 3 is 1.25 bits per heavy atom. The molecule has 0 bridgehead atoms. The first-order chi connectivity index (χ1) is 26.3. The second-order valence-corrected chi connectivity index (χ2v) is 14.3. The van der Waals surface area contributed by atoms with Crippen LogP contribution in [-0.4, -0.2) is 74.1 Å². The highest BCUT2D eigenvalue weighted by Crippen LogP contribution is 2.28. The lowest BCUT2D eigenvalue weighted by atomic mass is 9.94. The molecule has 288 valence electrons. The first kappa shape index (κ1) is 39.3. The number of benzene rings is 4. The highest BCUT2D eigenvalue weighted by Gasteiger charge is 2.41. The Hall–Kier alpha value is -5.40. The number of rotatable bonds is 17. The van der Waals surface area contributed by atoms with Gasteiger partial charge in [-0.1, -0.05) is 31.2 Å². The molecule has 4 aromatic carbocycles. The van der Waals surface area contributed by atoms with E-state index in [2.05, 4.69) is 6.92 Å². The molecule has 5 unspecified atom stereocenters. The van der Waals surface area contributed by atoms with Gasteiger partial charge in [0.1, 0.15) is 22.7 Å². The monoisotopic (exact) mass is 752 g/mol. The minimum atomic E-state index is -0.743. The van der Waals surface area contributed by atoms with Crippen LogP contribution in [0.2, 0.25) is 0 Å². The van der Waals surface area contributed by atoms with E-state index in [0.717, 1.165) is 17.5 Å². The van der Waals surface area contributed by atoms with E-state index in [4.69, 9.17) is 37.9 Å². The maximum absolute atomic E-state index is 12.8. The zero-order chi connectivity index (χ0) is 39.2. The highest BCUT2D eigenvalue weighted by molar-refractivity contribution is 5.95. The average Bonchev–Trinajstić information content (AvgIpc) is 4.12. The third-order valence-corrected chi connectivity index (χ3v) is 9.12. The van der Waals surface area contributed by atoms with Gasteiger partial charge in [-0.05, 0) is 124 Å². The van der Waals surface area contributed by atoms with Crippen molar-refractivity contribution in [3.05, 3.63) is 130 Å². The van der Waals surface area contributed by atoms with Crippen LogP contribution in [0.15, 0.2) is 97.1 Å². The summed E-state index contributed by atoms with van der Waals surface area (Å²) in [4.78, 5) is 50.5.